The molecule has 1 amide bonds. The molecule has 1 N–H and O–H groups in total. The highest BCUT2D eigenvalue weighted by Crippen LogP contribution is 2.23. The lowest BCUT2D eigenvalue weighted by atomic mass is 10.0. The Morgan fingerprint density at radius 3 is 2.63 bits per heavy atom. The number of hydrogen-bond acceptors (Lipinski definition) is 4. The summed E-state index contributed by atoms with van der Waals surface area (Å²) in [6.45, 7) is 3.50. The van der Waals surface area contributed by atoms with E-state index in [1.807, 2.05) is 22.4 Å². The van der Waals surface area contributed by atoms with Gasteiger partial charge in [-0.15, -0.1) is 11.3 Å². The van der Waals surface area contributed by atoms with Crippen LogP contribution in [0.2, 0.25) is 0 Å². The number of aliphatic hydroxyl groups excluding tert-OH is 1. The topological polar surface area (TPSA) is 43.8 Å². The quantitative estimate of drug-likeness (QED) is 0.891. The van der Waals surface area contributed by atoms with E-state index >= 15 is 0 Å². The zero-order valence-corrected chi connectivity index (χ0v) is 11.8. The van der Waals surface area contributed by atoms with Gasteiger partial charge in [-0.3, -0.25) is 9.69 Å². The van der Waals surface area contributed by atoms with Crippen LogP contribution in [0.15, 0.2) is 17.5 Å². The number of hydrogen-bond donors (Lipinski definition) is 1. The number of amides is 1. The Kier molecular flexibility index (Phi) is 3.86. The van der Waals surface area contributed by atoms with Gasteiger partial charge in [-0.1, -0.05) is 6.07 Å². The molecule has 1 aromatic rings. The molecule has 0 radical (unpaired) electrons. The van der Waals surface area contributed by atoms with E-state index in [1.54, 1.807) is 0 Å². The summed E-state index contributed by atoms with van der Waals surface area (Å²) in [5.74, 6) is 0.176. The molecule has 0 saturated carbocycles. The fraction of sp³-hybridized carbons (Fsp3) is 0.643. The summed E-state index contributed by atoms with van der Waals surface area (Å²) < 4.78 is 0. The maximum atomic E-state index is 12.2. The number of rotatable bonds is 2. The standard InChI is InChI=1S/C14H20N2O2S/c17-12-5-8-16(10-12)11-3-6-15(7-4-11)14(18)13-2-1-9-19-13/h1-2,9,11-12,17H,3-8,10H2/t12-/m0/s1. The van der Waals surface area contributed by atoms with Gasteiger partial charge in [0.05, 0.1) is 11.0 Å². The van der Waals surface area contributed by atoms with E-state index in [2.05, 4.69) is 4.90 Å². The molecule has 2 saturated heterocycles. The van der Waals surface area contributed by atoms with Crippen LogP contribution in [0.1, 0.15) is 28.9 Å². The first-order valence-electron chi connectivity index (χ1n) is 6.99. The number of piperidine rings is 1. The lowest BCUT2D eigenvalue weighted by Crippen LogP contribution is -2.46. The minimum absolute atomic E-state index is 0.147. The first-order chi connectivity index (χ1) is 9.24. The van der Waals surface area contributed by atoms with E-state index in [1.165, 1.54) is 11.3 Å². The van der Waals surface area contributed by atoms with Crippen LogP contribution >= 0.6 is 11.3 Å². The number of β-amino-alcohol motifs (C(OH)–C–C–N with tert-alkyl or cyclic N) is 1. The van der Waals surface area contributed by atoms with Crippen molar-refractivity contribution in [2.75, 3.05) is 26.2 Å². The summed E-state index contributed by atoms with van der Waals surface area (Å²) in [4.78, 5) is 17.4. The average molecular weight is 280 g/mol. The van der Waals surface area contributed by atoms with Gasteiger partial charge in [0.25, 0.3) is 5.91 Å². The van der Waals surface area contributed by atoms with Crippen LogP contribution in [0, 0.1) is 0 Å². The molecule has 0 bridgehead atoms. The van der Waals surface area contributed by atoms with Gasteiger partial charge in [-0.2, -0.15) is 0 Å². The van der Waals surface area contributed by atoms with Crippen molar-refractivity contribution in [3.05, 3.63) is 22.4 Å². The van der Waals surface area contributed by atoms with E-state index < -0.39 is 0 Å². The van der Waals surface area contributed by atoms with Crippen molar-refractivity contribution in [1.82, 2.24) is 9.80 Å². The second-order valence-corrected chi connectivity index (χ2v) is 6.39. The second kappa shape index (κ2) is 5.61. The van der Waals surface area contributed by atoms with E-state index in [0.29, 0.717) is 6.04 Å². The van der Waals surface area contributed by atoms with E-state index in [9.17, 15) is 9.90 Å². The molecule has 1 aromatic heterocycles. The van der Waals surface area contributed by atoms with Gasteiger partial charge in [0, 0.05) is 32.2 Å². The zero-order chi connectivity index (χ0) is 13.2. The Labute approximate surface area is 117 Å². The molecule has 3 rings (SSSR count). The van der Waals surface area contributed by atoms with Crippen LogP contribution in [0.4, 0.5) is 0 Å². The van der Waals surface area contributed by atoms with Crippen LogP contribution in [-0.4, -0.2) is 59.1 Å². The fourth-order valence-corrected chi connectivity index (χ4v) is 3.78. The van der Waals surface area contributed by atoms with Crippen LogP contribution in [0.5, 0.6) is 0 Å². The number of thiophene rings is 1. The lowest BCUT2D eigenvalue weighted by molar-refractivity contribution is 0.0632. The van der Waals surface area contributed by atoms with Gasteiger partial charge in [-0.25, -0.2) is 0 Å². The predicted octanol–water partition coefficient (Wildman–Crippen LogP) is 1.42. The highest BCUT2D eigenvalue weighted by Gasteiger charge is 2.31. The summed E-state index contributed by atoms with van der Waals surface area (Å²) in [7, 11) is 0. The van der Waals surface area contributed by atoms with Crippen molar-refractivity contribution in [3.8, 4) is 0 Å². The van der Waals surface area contributed by atoms with Gasteiger partial charge in [0.2, 0.25) is 0 Å². The molecule has 5 heteroatoms. The van der Waals surface area contributed by atoms with Gasteiger partial charge >= 0.3 is 0 Å². The average Bonchev–Trinajstić information content (AvgIpc) is 3.09. The Morgan fingerprint density at radius 2 is 2.05 bits per heavy atom. The number of likely N-dealkylation sites (tertiary alicyclic amines) is 2. The van der Waals surface area contributed by atoms with Crippen molar-refractivity contribution >= 4 is 17.2 Å². The first-order valence-corrected chi connectivity index (χ1v) is 7.87. The molecule has 0 aliphatic carbocycles. The molecule has 104 valence electrons. The van der Waals surface area contributed by atoms with Crippen LogP contribution in [-0.2, 0) is 0 Å². The van der Waals surface area contributed by atoms with Crippen molar-refractivity contribution in [2.24, 2.45) is 0 Å². The van der Waals surface area contributed by atoms with Gasteiger partial charge in [-0.05, 0) is 30.7 Å². The third kappa shape index (κ3) is 2.83. The molecular formula is C14H20N2O2S. The molecule has 3 heterocycles. The smallest absolute Gasteiger partial charge is 0.263 e. The minimum atomic E-state index is -0.147. The third-order valence-corrected chi connectivity index (χ3v) is 5.05. The molecular weight excluding hydrogens is 260 g/mol. The van der Waals surface area contributed by atoms with E-state index in [0.717, 1.165) is 50.3 Å². The highest BCUT2D eigenvalue weighted by molar-refractivity contribution is 7.12. The van der Waals surface area contributed by atoms with Crippen molar-refractivity contribution in [2.45, 2.75) is 31.4 Å². The largest absolute Gasteiger partial charge is 0.392 e. The van der Waals surface area contributed by atoms with E-state index in [4.69, 9.17) is 0 Å². The van der Waals surface area contributed by atoms with Crippen molar-refractivity contribution in [1.29, 1.82) is 0 Å². The van der Waals surface area contributed by atoms with Crippen molar-refractivity contribution in [3.63, 3.8) is 0 Å². The maximum Gasteiger partial charge on any atom is 0.263 e. The van der Waals surface area contributed by atoms with Crippen LogP contribution < -0.4 is 0 Å². The third-order valence-electron chi connectivity index (χ3n) is 4.19. The number of carbonyl (C=O) groups is 1. The number of aliphatic hydroxyl groups is 1. The second-order valence-electron chi connectivity index (χ2n) is 5.44. The normalized spacial score (nSPS) is 25.9. The Bertz CT molecular complexity index is 427. The SMILES string of the molecule is O=C(c1cccs1)N1CCC(N2CC[C@H](O)C2)CC1. The van der Waals surface area contributed by atoms with Gasteiger partial charge in [0.15, 0.2) is 0 Å². The highest BCUT2D eigenvalue weighted by atomic mass is 32.1. The molecule has 0 unspecified atom stereocenters. The van der Waals surface area contributed by atoms with Crippen LogP contribution in [0.3, 0.4) is 0 Å². The molecule has 2 aliphatic rings. The number of carbonyl (C=O) groups excluding carboxylic acids is 1. The summed E-state index contributed by atoms with van der Waals surface area (Å²) >= 11 is 1.52. The van der Waals surface area contributed by atoms with Crippen LogP contribution in [0.25, 0.3) is 0 Å². The first kappa shape index (κ1) is 13.1. The predicted molar refractivity (Wildman–Crippen MR) is 75.4 cm³/mol. The maximum absolute atomic E-state index is 12.2. The molecule has 0 aromatic carbocycles. The lowest BCUT2D eigenvalue weighted by Gasteiger charge is -2.36. The Balaban J connectivity index is 1.53. The summed E-state index contributed by atoms with van der Waals surface area (Å²) in [5.41, 5.74) is 0. The molecule has 2 aliphatic heterocycles. The summed E-state index contributed by atoms with van der Waals surface area (Å²) in [6.07, 6.45) is 2.81. The fourth-order valence-electron chi connectivity index (χ4n) is 3.09. The molecule has 19 heavy (non-hydrogen) atoms. The monoisotopic (exact) mass is 280 g/mol. The van der Waals surface area contributed by atoms with Gasteiger partial charge < -0.3 is 10.0 Å². The Morgan fingerprint density at radius 1 is 1.26 bits per heavy atom. The van der Waals surface area contributed by atoms with Crippen molar-refractivity contribution < 1.29 is 9.90 Å². The molecule has 1 atom stereocenters. The van der Waals surface area contributed by atoms with Gasteiger partial charge in [0.1, 0.15) is 0 Å². The zero-order valence-electron chi connectivity index (χ0n) is 11.0. The molecule has 2 fully saturated rings. The van der Waals surface area contributed by atoms with E-state index in [-0.39, 0.29) is 12.0 Å². The summed E-state index contributed by atoms with van der Waals surface area (Å²) in [5, 5.41) is 11.5. The Hall–Kier alpha value is -0.910. The molecule has 4 nitrogen and oxygen atoms in total. The molecule has 0 spiro atoms. The minimum Gasteiger partial charge on any atom is -0.392 e. The number of nitrogens with zero attached hydrogens (tertiary/aromatic N) is 2. The summed E-state index contributed by atoms with van der Waals surface area (Å²) in [6, 6.07) is 4.37.